The number of halogens is 3. The molecule has 2 spiro atoms. The van der Waals surface area contributed by atoms with Crippen LogP contribution in [0.1, 0.15) is 46.0 Å². The molecule has 0 saturated carbocycles. The molecule has 10 nitrogen and oxygen atoms in total. The fourth-order valence-corrected chi connectivity index (χ4v) is 5.41. The van der Waals surface area contributed by atoms with Crippen LogP contribution in [-0.2, 0) is 9.59 Å². The Morgan fingerprint density at radius 1 is 0.971 bits per heavy atom. The molecule has 4 aliphatic heterocycles. The second-order valence-electron chi connectivity index (χ2n) is 10.1. The number of nitrogens with one attached hydrogen (secondary N) is 1. The smallest absolute Gasteiger partial charge is 0.321 e. The van der Waals surface area contributed by atoms with E-state index in [-0.39, 0.29) is 45.3 Å². The van der Waals surface area contributed by atoms with Crippen LogP contribution in [0, 0.1) is 5.92 Å². The van der Waals surface area contributed by atoms with E-state index in [9.17, 15) is 32.3 Å². The number of hydrogen-bond donors (Lipinski definition) is 1. The van der Waals surface area contributed by atoms with Crippen molar-refractivity contribution in [2.24, 2.45) is 5.92 Å². The fourth-order valence-electron chi connectivity index (χ4n) is 5.41. The van der Waals surface area contributed by atoms with E-state index in [1.807, 2.05) is 0 Å². The molecule has 13 heteroatoms. The highest BCUT2D eigenvalue weighted by molar-refractivity contribution is 6.13. The van der Waals surface area contributed by atoms with Crippen LogP contribution in [0.4, 0.5) is 22.8 Å². The quantitative estimate of drug-likeness (QED) is 0.586. The molecule has 4 saturated heterocycles. The molecule has 0 bridgehead atoms. The minimum Gasteiger partial charge on any atom is -0.321 e. The fraction of sp³-hybridized carbons (Fsp3) is 0.810. The van der Waals surface area contributed by atoms with E-state index in [1.165, 1.54) is 0 Å². The van der Waals surface area contributed by atoms with Gasteiger partial charge in [0.1, 0.15) is 11.1 Å². The van der Waals surface area contributed by atoms with Crippen molar-refractivity contribution < 1.29 is 32.3 Å². The average molecular weight is 488 g/mol. The maximum Gasteiger partial charge on any atom is 0.390 e. The Hall–Kier alpha value is -2.41. The lowest BCUT2D eigenvalue weighted by molar-refractivity contribution is -0.152. The zero-order chi connectivity index (χ0) is 24.9. The highest BCUT2D eigenvalue weighted by Gasteiger charge is 2.64. The maximum absolute atomic E-state index is 13.5. The van der Waals surface area contributed by atoms with Crippen molar-refractivity contribution in [3.05, 3.63) is 0 Å². The summed E-state index contributed by atoms with van der Waals surface area (Å²) in [5.41, 5.74) is -2.69. The predicted octanol–water partition coefficient (Wildman–Crippen LogP) is 1.30. The van der Waals surface area contributed by atoms with Gasteiger partial charge in [0.2, 0.25) is 0 Å². The molecule has 0 aromatic rings. The molecule has 0 aliphatic carbocycles. The van der Waals surface area contributed by atoms with Crippen LogP contribution in [0.15, 0.2) is 0 Å². The van der Waals surface area contributed by atoms with Crippen molar-refractivity contribution in [1.29, 1.82) is 0 Å². The van der Waals surface area contributed by atoms with Gasteiger partial charge >= 0.3 is 18.2 Å². The van der Waals surface area contributed by atoms with Crippen LogP contribution >= 0.6 is 0 Å². The number of likely N-dealkylation sites (tertiary alicyclic amines) is 2. The largest absolute Gasteiger partial charge is 0.390 e. The van der Waals surface area contributed by atoms with Crippen molar-refractivity contribution >= 4 is 23.9 Å². The lowest BCUT2D eigenvalue weighted by Crippen LogP contribution is -2.64. The van der Waals surface area contributed by atoms with Crippen molar-refractivity contribution in [3.63, 3.8) is 0 Å². The number of rotatable bonds is 5. The molecule has 6 amide bonds. The number of alkyl halides is 3. The molecule has 0 atom stereocenters. The Kier molecular flexibility index (Phi) is 6.30. The molecule has 34 heavy (non-hydrogen) atoms. The molecule has 0 aromatic heterocycles. The van der Waals surface area contributed by atoms with Crippen molar-refractivity contribution in [3.8, 4) is 0 Å². The third-order valence-corrected chi connectivity index (χ3v) is 7.25. The highest BCUT2D eigenvalue weighted by atomic mass is 19.4. The lowest BCUT2D eigenvalue weighted by Gasteiger charge is -2.44. The first kappa shape index (κ1) is 24.7. The van der Waals surface area contributed by atoms with E-state index in [1.54, 1.807) is 4.90 Å². The molecule has 0 unspecified atom stereocenters. The van der Waals surface area contributed by atoms with Gasteiger partial charge in [0.25, 0.3) is 11.8 Å². The molecular formula is C21H30F3N6O4. The summed E-state index contributed by atoms with van der Waals surface area (Å²) in [5.74, 6) is -0.885. The average Bonchev–Trinajstić information content (AvgIpc) is 3.11. The molecule has 4 fully saturated rings. The highest BCUT2D eigenvalue weighted by Crippen LogP contribution is 2.39. The molecule has 4 heterocycles. The summed E-state index contributed by atoms with van der Waals surface area (Å²) in [5, 5.41) is 7.90. The number of carbonyl (C=O) groups is 4. The first-order valence-corrected chi connectivity index (χ1v) is 11.7. The number of hydrogen-bond acceptors (Lipinski definition) is 6. The summed E-state index contributed by atoms with van der Waals surface area (Å²) in [6.45, 7) is 6.24. The first-order chi connectivity index (χ1) is 15.9. The standard InChI is InChI=1S/C21H30F3N6O4/c1-14(2)13-28-10-5-20(6-11-28)15(31)25-17(33)30(20)29-16(32)19(26-18(29)34)3-8-27(9-4-19)12-7-21(22,23)24/h14H,3-13H2,1-2H3,(H,26,34). The van der Waals surface area contributed by atoms with Crippen LogP contribution in [0.3, 0.4) is 0 Å². The summed E-state index contributed by atoms with van der Waals surface area (Å²) < 4.78 is 37.6. The van der Waals surface area contributed by atoms with Crippen LogP contribution in [0.25, 0.3) is 0 Å². The predicted molar refractivity (Wildman–Crippen MR) is 112 cm³/mol. The number of imide groups is 2. The van der Waals surface area contributed by atoms with Gasteiger partial charge in [0.05, 0.1) is 6.42 Å². The third kappa shape index (κ3) is 4.35. The second-order valence-corrected chi connectivity index (χ2v) is 10.1. The van der Waals surface area contributed by atoms with E-state index in [0.29, 0.717) is 19.0 Å². The number of amides is 6. The van der Waals surface area contributed by atoms with Gasteiger partial charge in [-0.3, -0.25) is 9.59 Å². The summed E-state index contributed by atoms with van der Waals surface area (Å²) >= 11 is 0. The van der Waals surface area contributed by atoms with E-state index in [4.69, 9.17) is 0 Å². The van der Waals surface area contributed by atoms with Gasteiger partial charge in [-0.25, -0.2) is 14.6 Å². The minimum absolute atomic E-state index is 0.119. The van der Waals surface area contributed by atoms with Crippen molar-refractivity contribution in [1.82, 2.24) is 30.5 Å². The van der Waals surface area contributed by atoms with Gasteiger partial charge in [-0.15, -0.1) is 0 Å². The second kappa shape index (κ2) is 8.67. The maximum atomic E-state index is 13.5. The molecule has 4 rings (SSSR count). The van der Waals surface area contributed by atoms with E-state index in [0.717, 1.165) is 16.6 Å². The van der Waals surface area contributed by atoms with Crippen LogP contribution in [0.5, 0.6) is 0 Å². The topological polar surface area (TPSA) is 107 Å². The Morgan fingerprint density at radius 3 is 2.12 bits per heavy atom. The van der Waals surface area contributed by atoms with Crippen molar-refractivity contribution in [2.45, 2.75) is 63.2 Å². The zero-order valence-electron chi connectivity index (χ0n) is 19.4. The Bertz CT molecular complexity index is 863. The monoisotopic (exact) mass is 487 g/mol. The van der Waals surface area contributed by atoms with Crippen LogP contribution in [0.2, 0.25) is 0 Å². The SMILES string of the molecule is CC(C)CN1CCC2(CC1)C(=O)[N]C(=O)N2N1C(=O)NC2(CCN(CCC(F)(F)F)CC2)C1=O. The van der Waals surface area contributed by atoms with Crippen molar-refractivity contribution in [2.75, 3.05) is 39.3 Å². The van der Waals surface area contributed by atoms with E-state index >= 15 is 0 Å². The number of nitrogens with zero attached hydrogens (tertiary/aromatic N) is 5. The normalized spacial score (nSPS) is 25.7. The minimum atomic E-state index is -4.27. The third-order valence-electron chi connectivity index (χ3n) is 7.25. The molecular weight excluding hydrogens is 457 g/mol. The summed E-state index contributed by atoms with van der Waals surface area (Å²) in [4.78, 5) is 55.8. The van der Waals surface area contributed by atoms with Crippen LogP contribution < -0.4 is 10.6 Å². The molecule has 189 valence electrons. The van der Waals surface area contributed by atoms with Crippen LogP contribution in [-0.4, -0.2) is 100 Å². The Morgan fingerprint density at radius 2 is 1.56 bits per heavy atom. The zero-order valence-corrected chi connectivity index (χ0v) is 19.4. The summed E-state index contributed by atoms with van der Waals surface area (Å²) in [6.07, 6.45) is -4.47. The summed E-state index contributed by atoms with van der Waals surface area (Å²) in [7, 11) is 0. The molecule has 1 N–H and O–H groups in total. The number of hydrazine groups is 1. The molecule has 0 aromatic carbocycles. The van der Waals surface area contributed by atoms with Gasteiger partial charge in [0.15, 0.2) is 0 Å². The van der Waals surface area contributed by atoms with Gasteiger partial charge in [0, 0.05) is 39.3 Å². The lowest BCUT2D eigenvalue weighted by atomic mass is 9.86. The summed E-state index contributed by atoms with van der Waals surface area (Å²) in [6, 6.07) is -1.75. The number of piperidine rings is 2. The Balaban J connectivity index is 1.48. The number of urea groups is 2. The van der Waals surface area contributed by atoms with Gasteiger partial charge < -0.3 is 15.1 Å². The molecule has 1 radical (unpaired) electrons. The number of carbonyl (C=O) groups excluding carboxylic acids is 4. The molecule has 4 aliphatic rings. The Labute approximate surface area is 195 Å². The first-order valence-electron chi connectivity index (χ1n) is 11.7. The van der Waals surface area contributed by atoms with E-state index in [2.05, 4.69) is 29.4 Å². The van der Waals surface area contributed by atoms with Gasteiger partial charge in [-0.1, -0.05) is 13.8 Å². The van der Waals surface area contributed by atoms with Gasteiger partial charge in [-0.2, -0.15) is 23.5 Å². The van der Waals surface area contributed by atoms with Gasteiger partial charge in [-0.05, 0) is 31.6 Å². The van der Waals surface area contributed by atoms with E-state index < -0.39 is 47.6 Å².